The average molecular weight is 194 g/mol. The van der Waals surface area contributed by atoms with Crippen molar-refractivity contribution in [3.63, 3.8) is 0 Å². The first-order valence-corrected chi connectivity index (χ1v) is 5.50. The lowest BCUT2D eigenvalue weighted by Gasteiger charge is -2.24. The van der Waals surface area contributed by atoms with Gasteiger partial charge < -0.3 is 0 Å². The van der Waals surface area contributed by atoms with E-state index < -0.39 is 0 Å². The maximum absolute atomic E-state index is 2.76. The van der Waals surface area contributed by atoms with Crippen LogP contribution in [0.3, 0.4) is 0 Å². The molecule has 0 nitrogen and oxygen atoms in total. The van der Waals surface area contributed by atoms with Crippen molar-refractivity contribution in [2.45, 2.75) is 39.0 Å². The minimum absolute atomic E-state index is 0.321. The quantitative estimate of drug-likeness (QED) is 0.648. The zero-order valence-electron chi connectivity index (χ0n) is 8.80. The van der Waals surface area contributed by atoms with Gasteiger partial charge in [0.15, 0.2) is 0 Å². The number of rotatable bonds is 3. The van der Waals surface area contributed by atoms with E-state index >= 15 is 0 Å². The second-order valence-corrected chi connectivity index (χ2v) is 4.93. The fourth-order valence-corrected chi connectivity index (χ4v) is 2.02. The second-order valence-electron chi connectivity index (χ2n) is 4.26. The van der Waals surface area contributed by atoms with Crippen LogP contribution in [-0.4, -0.2) is 0 Å². The first-order chi connectivity index (χ1) is 6.06. The summed E-state index contributed by atoms with van der Waals surface area (Å²) < 4.78 is 0. The van der Waals surface area contributed by atoms with Gasteiger partial charge in [-0.3, -0.25) is 0 Å². The molecule has 0 spiro atoms. The summed E-state index contributed by atoms with van der Waals surface area (Å²) in [7, 11) is 2.76. The monoisotopic (exact) mass is 194 g/mol. The molecule has 72 valence electrons. The summed E-state index contributed by atoms with van der Waals surface area (Å²) in [6, 6.07) is 8.74. The Bertz CT molecular complexity index is 276. The van der Waals surface area contributed by atoms with E-state index in [4.69, 9.17) is 0 Å². The Morgan fingerprint density at radius 1 is 1.31 bits per heavy atom. The minimum atomic E-state index is 0.321. The molecule has 0 heterocycles. The molecule has 1 heteroatoms. The number of hydrogen-bond donors (Lipinski definition) is 0. The fraction of sp³-hybridized carbons (Fsp3) is 0.500. The largest absolute Gasteiger partial charge is 0.106 e. The normalized spacial score (nSPS) is 11.7. The molecule has 0 saturated heterocycles. The third kappa shape index (κ3) is 2.81. The molecule has 0 N–H and O–H groups in total. The summed E-state index contributed by atoms with van der Waals surface area (Å²) >= 11 is 0. The van der Waals surface area contributed by atoms with Crippen LogP contribution in [-0.2, 0) is 5.41 Å². The first kappa shape index (κ1) is 10.7. The van der Waals surface area contributed by atoms with Crippen LogP contribution < -0.4 is 5.30 Å². The summed E-state index contributed by atoms with van der Waals surface area (Å²) in [4.78, 5) is 0. The van der Waals surface area contributed by atoms with Gasteiger partial charge in [0.05, 0.1) is 0 Å². The van der Waals surface area contributed by atoms with Crippen molar-refractivity contribution in [2.24, 2.45) is 0 Å². The molecule has 1 rings (SSSR count). The van der Waals surface area contributed by atoms with Crippen LogP contribution >= 0.6 is 9.24 Å². The summed E-state index contributed by atoms with van der Waals surface area (Å²) in [5.41, 5.74) is 1.77. The predicted octanol–water partition coefficient (Wildman–Crippen LogP) is 3.26. The molecule has 0 aromatic heterocycles. The molecule has 1 aromatic carbocycles. The highest BCUT2D eigenvalue weighted by Crippen LogP contribution is 2.27. The Kier molecular flexibility index (Phi) is 3.50. The smallest absolute Gasteiger partial charge is 0.0103 e. The van der Waals surface area contributed by atoms with Gasteiger partial charge in [-0.1, -0.05) is 51.5 Å². The highest BCUT2D eigenvalue weighted by molar-refractivity contribution is 7.27. The van der Waals surface area contributed by atoms with Crippen LogP contribution in [0.15, 0.2) is 24.3 Å². The van der Waals surface area contributed by atoms with Crippen LogP contribution in [0.4, 0.5) is 0 Å². The standard InChI is InChI=1S/C12H19P/c1-4-8-12(2,3)10-6-5-7-11(13)9-10/h5-7,9H,4,8,13H2,1-3H3. The van der Waals surface area contributed by atoms with Crippen molar-refractivity contribution in [1.29, 1.82) is 0 Å². The molecule has 0 aliphatic rings. The minimum Gasteiger partial charge on any atom is -0.106 e. The van der Waals surface area contributed by atoms with Crippen molar-refractivity contribution < 1.29 is 0 Å². The number of hydrogen-bond acceptors (Lipinski definition) is 0. The van der Waals surface area contributed by atoms with Crippen LogP contribution in [0.1, 0.15) is 39.2 Å². The molecule has 1 atom stereocenters. The van der Waals surface area contributed by atoms with Gasteiger partial charge in [0, 0.05) is 0 Å². The lowest BCUT2D eigenvalue weighted by atomic mass is 9.81. The summed E-state index contributed by atoms with van der Waals surface area (Å²) in [5.74, 6) is 0. The molecular formula is C12H19P. The summed E-state index contributed by atoms with van der Waals surface area (Å²) in [5, 5.41) is 1.28. The van der Waals surface area contributed by atoms with Gasteiger partial charge >= 0.3 is 0 Å². The van der Waals surface area contributed by atoms with Gasteiger partial charge in [-0.05, 0) is 22.7 Å². The topological polar surface area (TPSA) is 0 Å². The zero-order chi connectivity index (χ0) is 9.90. The van der Waals surface area contributed by atoms with Gasteiger partial charge in [-0.2, -0.15) is 0 Å². The Morgan fingerprint density at radius 2 is 2.00 bits per heavy atom. The Balaban J connectivity index is 2.93. The van der Waals surface area contributed by atoms with Crippen LogP contribution in [0.5, 0.6) is 0 Å². The third-order valence-corrected chi connectivity index (χ3v) is 2.90. The molecule has 0 amide bonds. The van der Waals surface area contributed by atoms with E-state index in [0.717, 1.165) is 0 Å². The van der Waals surface area contributed by atoms with Crippen LogP contribution in [0, 0.1) is 0 Å². The van der Waals surface area contributed by atoms with Gasteiger partial charge in [0.1, 0.15) is 0 Å². The molecule has 0 aliphatic heterocycles. The lowest BCUT2D eigenvalue weighted by molar-refractivity contribution is 0.473. The van der Waals surface area contributed by atoms with Gasteiger partial charge in [-0.15, -0.1) is 9.24 Å². The molecule has 1 unspecified atom stereocenters. The number of benzene rings is 1. The first-order valence-electron chi connectivity index (χ1n) is 4.92. The zero-order valence-corrected chi connectivity index (χ0v) is 9.96. The van der Waals surface area contributed by atoms with E-state index in [1.807, 2.05) is 0 Å². The van der Waals surface area contributed by atoms with Crippen LogP contribution in [0.2, 0.25) is 0 Å². The molecule has 0 radical (unpaired) electrons. The van der Waals surface area contributed by atoms with Crippen molar-refractivity contribution >= 4 is 14.5 Å². The van der Waals surface area contributed by atoms with Crippen molar-refractivity contribution in [1.82, 2.24) is 0 Å². The van der Waals surface area contributed by atoms with E-state index in [1.54, 1.807) is 0 Å². The van der Waals surface area contributed by atoms with Crippen molar-refractivity contribution in [3.05, 3.63) is 29.8 Å². The van der Waals surface area contributed by atoms with Crippen molar-refractivity contribution in [3.8, 4) is 0 Å². The van der Waals surface area contributed by atoms with Crippen molar-refractivity contribution in [2.75, 3.05) is 0 Å². The SMILES string of the molecule is CCCC(C)(C)c1cccc(P)c1. The van der Waals surface area contributed by atoms with E-state index in [1.165, 1.54) is 23.7 Å². The van der Waals surface area contributed by atoms with E-state index in [9.17, 15) is 0 Å². The molecule has 1 aromatic rings. The molecule has 0 bridgehead atoms. The molecular weight excluding hydrogens is 175 g/mol. The van der Waals surface area contributed by atoms with Gasteiger partial charge in [-0.25, -0.2) is 0 Å². The maximum atomic E-state index is 2.76. The molecule has 0 saturated carbocycles. The van der Waals surface area contributed by atoms with E-state index in [2.05, 4.69) is 54.3 Å². The van der Waals surface area contributed by atoms with Crippen LogP contribution in [0.25, 0.3) is 0 Å². The second kappa shape index (κ2) is 4.24. The molecule has 0 aliphatic carbocycles. The highest BCUT2D eigenvalue weighted by atomic mass is 31.0. The average Bonchev–Trinajstić information content (AvgIpc) is 2.04. The Labute approximate surface area is 84.0 Å². The maximum Gasteiger partial charge on any atom is -0.0103 e. The Hall–Kier alpha value is -0.350. The fourth-order valence-electron chi connectivity index (χ4n) is 1.73. The predicted molar refractivity (Wildman–Crippen MR) is 63.7 cm³/mol. The Morgan fingerprint density at radius 3 is 2.54 bits per heavy atom. The summed E-state index contributed by atoms with van der Waals surface area (Å²) in [6.45, 7) is 6.87. The lowest BCUT2D eigenvalue weighted by Crippen LogP contribution is -2.17. The third-order valence-electron chi connectivity index (χ3n) is 2.54. The molecule has 13 heavy (non-hydrogen) atoms. The van der Waals surface area contributed by atoms with E-state index in [0.29, 0.717) is 5.41 Å². The summed E-state index contributed by atoms with van der Waals surface area (Å²) in [6.07, 6.45) is 2.50. The van der Waals surface area contributed by atoms with Gasteiger partial charge in [0.2, 0.25) is 0 Å². The highest BCUT2D eigenvalue weighted by Gasteiger charge is 2.18. The van der Waals surface area contributed by atoms with E-state index in [-0.39, 0.29) is 0 Å². The van der Waals surface area contributed by atoms with Gasteiger partial charge in [0.25, 0.3) is 0 Å². The molecule has 0 fully saturated rings.